The van der Waals surface area contributed by atoms with Crippen LogP contribution >= 0.6 is 67.9 Å². The molecule has 0 atom stereocenters. The molecule has 32 heavy (non-hydrogen) atoms. The Hall–Kier alpha value is -0.181. The molecule has 2 aromatic heterocycles. The summed E-state index contributed by atoms with van der Waals surface area (Å²) in [4.78, 5) is 17.8. The number of rotatable bonds is 6. The van der Waals surface area contributed by atoms with Crippen molar-refractivity contribution < 1.29 is 34.1 Å². The zero-order chi connectivity index (χ0) is 18.2. The van der Waals surface area contributed by atoms with Gasteiger partial charge in [-0.25, -0.2) is 0 Å². The van der Waals surface area contributed by atoms with Crippen LogP contribution in [-0.4, -0.2) is 22.4 Å². The molecule has 3 rings (SSSR count). The van der Waals surface area contributed by atoms with Crippen molar-refractivity contribution in [1.82, 2.24) is 9.97 Å². The van der Waals surface area contributed by atoms with Crippen LogP contribution in [0.1, 0.15) is 22.5 Å². The van der Waals surface area contributed by atoms with Crippen molar-refractivity contribution in [2.24, 2.45) is 9.98 Å². The van der Waals surface area contributed by atoms with Gasteiger partial charge in [0.1, 0.15) is 0 Å². The Labute approximate surface area is 253 Å². The number of hydrogen-bond donors (Lipinski definition) is 0. The average molecular weight is 793 g/mol. The van der Waals surface area contributed by atoms with Crippen LogP contribution in [0.15, 0.2) is 70.9 Å². The monoisotopic (exact) mass is 788 g/mol. The van der Waals surface area contributed by atoms with Crippen LogP contribution < -0.4 is 0 Å². The van der Waals surface area contributed by atoms with E-state index < -0.39 is 0 Å². The molecule has 0 unspecified atom stereocenters. The summed E-state index contributed by atoms with van der Waals surface area (Å²) in [6, 6.07) is 16.0. The first-order valence-electron chi connectivity index (χ1n) is 8.68. The minimum absolute atomic E-state index is 0. The molecule has 2 heterocycles. The third kappa shape index (κ3) is 12.9. The molecule has 0 aliphatic rings. The molecule has 4 nitrogen and oxygen atoms in total. The third-order valence-corrected chi connectivity index (χ3v) is 4.03. The minimum atomic E-state index is 0. The van der Waals surface area contributed by atoms with E-state index >= 15 is 0 Å². The number of hydrogen-bond acceptors (Lipinski definition) is 4. The van der Waals surface area contributed by atoms with E-state index in [0.717, 1.165) is 46.7 Å². The second-order valence-electron chi connectivity index (χ2n) is 6.10. The first kappa shape index (κ1) is 39.1. The number of benzene rings is 1. The fourth-order valence-corrected chi connectivity index (χ4v) is 2.58. The second kappa shape index (κ2) is 21.4. The maximum atomic E-state index is 4.60. The number of aromatic nitrogens is 2. The molecule has 0 amide bonds. The largest absolute Gasteiger partial charge is 0.261 e. The van der Waals surface area contributed by atoms with E-state index in [1.165, 1.54) is 0 Å². The predicted octanol–water partition coefficient (Wildman–Crippen LogP) is 7.29. The fraction of sp³-hybridized carbons (Fsp3) is 0.182. The summed E-state index contributed by atoms with van der Waals surface area (Å²) >= 11 is 0. The standard InChI is InChI=1S/C22H22N4.4BrH.2Cu/c1-17-15-22(26-14-10-20-8-4-6-12-24-20)18(2)16-21(17)25-13-9-19-7-3-5-11-23-19;;;;;;/h3-8,11-16H,9-10H2,1-2H3;4*1H;;. The molecule has 0 saturated heterocycles. The van der Waals surface area contributed by atoms with Gasteiger partial charge in [0.05, 0.1) is 11.4 Å². The maximum absolute atomic E-state index is 4.60. The summed E-state index contributed by atoms with van der Waals surface area (Å²) in [5.74, 6) is 0. The van der Waals surface area contributed by atoms with Crippen molar-refractivity contribution in [3.63, 3.8) is 0 Å². The van der Waals surface area contributed by atoms with Crippen LogP contribution in [0.4, 0.5) is 11.4 Å². The number of aliphatic imine (C=N–C) groups is 2. The Bertz CT molecular complexity index is 851. The van der Waals surface area contributed by atoms with Gasteiger partial charge in [0, 0.05) is 83.2 Å². The van der Waals surface area contributed by atoms with Crippen LogP contribution in [-0.2, 0) is 47.0 Å². The molecule has 0 aliphatic carbocycles. The Kier molecular flexibility index (Phi) is 26.1. The fourth-order valence-electron chi connectivity index (χ4n) is 2.58. The molecule has 184 valence electrons. The smallest absolute Gasteiger partial charge is 0.0659 e. The van der Waals surface area contributed by atoms with E-state index in [9.17, 15) is 0 Å². The van der Waals surface area contributed by atoms with Gasteiger partial charge in [0.2, 0.25) is 0 Å². The topological polar surface area (TPSA) is 50.5 Å². The molecular weight excluding hydrogens is 767 g/mol. The second-order valence-corrected chi connectivity index (χ2v) is 6.10. The molecule has 0 saturated carbocycles. The van der Waals surface area contributed by atoms with Crippen LogP contribution in [0.5, 0.6) is 0 Å². The molecule has 0 bridgehead atoms. The summed E-state index contributed by atoms with van der Waals surface area (Å²) in [5, 5.41) is 0. The Balaban J connectivity index is -0.000000653. The molecule has 0 fully saturated rings. The molecule has 3 aromatic rings. The molecule has 0 spiro atoms. The molecule has 10 heteroatoms. The molecule has 0 N–H and O–H groups in total. The van der Waals surface area contributed by atoms with Crippen molar-refractivity contribution >= 4 is 91.7 Å². The average Bonchev–Trinajstić information content (AvgIpc) is 2.67. The van der Waals surface area contributed by atoms with Crippen LogP contribution in [0.3, 0.4) is 0 Å². The van der Waals surface area contributed by atoms with Gasteiger partial charge in [-0.1, -0.05) is 12.1 Å². The summed E-state index contributed by atoms with van der Waals surface area (Å²) < 4.78 is 0. The zero-order valence-electron chi connectivity index (χ0n) is 17.4. The number of halogens is 4. The van der Waals surface area contributed by atoms with Gasteiger partial charge < -0.3 is 0 Å². The normalized spacial score (nSPS) is 9.31. The number of pyridine rings is 2. The van der Waals surface area contributed by atoms with Crippen LogP contribution in [0.2, 0.25) is 0 Å². The molecule has 2 radical (unpaired) electrons. The first-order chi connectivity index (χ1) is 12.7. The third-order valence-electron chi connectivity index (χ3n) is 4.03. The Morgan fingerprint density at radius 2 is 1.03 bits per heavy atom. The van der Waals surface area contributed by atoms with E-state index in [-0.39, 0.29) is 102 Å². The number of aryl methyl sites for hydroxylation is 2. The summed E-state index contributed by atoms with van der Waals surface area (Å²) in [6.07, 6.45) is 8.88. The first-order valence-corrected chi connectivity index (χ1v) is 8.68. The van der Waals surface area contributed by atoms with Crippen molar-refractivity contribution in [2.45, 2.75) is 26.7 Å². The zero-order valence-corrected chi connectivity index (χ0v) is 26.1. The van der Waals surface area contributed by atoms with Gasteiger partial charge in [0.15, 0.2) is 0 Å². The van der Waals surface area contributed by atoms with Gasteiger partial charge in [-0.3, -0.25) is 20.0 Å². The molecule has 0 aliphatic heterocycles. The van der Waals surface area contributed by atoms with Crippen LogP contribution in [0, 0.1) is 13.8 Å². The van der Waals surface area contributed by atoms with Gasteiger partial charge >= 0.3 is 0 Å². The Morgan fingerprint density at radius 1 is 0.656 bits per heavy atom. The van der Waals surface area contributed by atoms with Crippen molar-refractivity contribution in [3.05, 3.63) is 83.4 Å². The SMILES string of the molecule is Br.Br.Br.Br.Cc1cc(N=CCc2ccccn2)c(C)cc1N=CCc1ccccn1.[Cu].[Cu]. The Morgan fingerprint density at radius 3 is 1.34 bits per heavy atom. The van der Waals surface area contributed by atoms with Crippen LogP contribution in [0.25, 0.3) is 0 Å². The van der Waals surface area contributed by atoms with E-state index in [1.807, 2.05) is 48.8 Å². The van der Waals surface area contributed by atoms with Gasteiger partial charge in [-0.2, -0.15) is 0 Å². The van der Waals surface area contributed by atoms with Crippen molar-refractivity contribution in [3.8, 4) is 0 Å². The number of nitrogens with zero attached hydrogens (tertiary/aromatic N) is 4. The summed E-state index contributed by atoms with van der Waals surface area (Å²) in [5.41, 5.74) is 6.20. The van der Waals surface area contributed by atoms with E-state index in [0.29, 0.717) is 0 Å². The van der Waals surface area contributed by atoms with Gasteiger partial charge in [0.25, 0.3) is 0 Å². The van der Waals surface area contributed by atoms with E-state index in [4.69, 9.17) is 0 Å². The molecule has 1 aromatic carbocycles. The van der Waals surface area contributed by atoms with Crippen molar-refractivity contribution in [2.75, 3.05) is 0 Å². The van der Waals surface area contributed by atoms with Gasteiger partial charge in [-0.15, -0.1) is 67.9 Å². The van der Waals surface area contributed by atoms with E-state index in [2.05, 4.69) is 45.9 Å². The quantitative estimate of drug-likeness (QED) is 0.195. The predicted molar refractivity (Wildman–Crippen MR) is 149 cm³/mol. The maximum Gasteiger partial charge on any atom is 0.0659 e. The summed E-state index contributed by atoms with van der Waals surface area (Å²) in [7, 11) is 0. The minimum Gasteiger partial charge on any atom is -0.261 e. The summed E-state index contributed by atoms with van der Waals surface area (Å²) in [6.45, 7) is 4.12. The van der Waals surface area contributed by atoms with Crippen molar-refractivity contribution in [1.29, 1.82) is 0 Å². The van der Waals surface area contributed by atoms with E-state index in [1.54, 1.807) is 12.4 Å². The molecular formula is C22H26Br4Cu2N4. The van der Waals surface area contributed by atoms with Gasteiger partial charge in [-0.05, 0) is 61.4 Å².